The van der Waals surface area contributed by atoms with E-state index in [0.29, 0.717) is 6.42 Å². The van der Waals surface area contributed by atoms with Crippen LogP contribution in [0, 0.1) is 11.3 Å². The van der Waals surface area contributed by atoms with Crippen LogP contribution in [0.5, 0.6) is 0 Å². The summed E-state index contributed by atoms with van der Waals surface area (Å²) in [5.74, 6) is -1.23. The molecule has 0 saturated heterocycles. The highest BCUT2D eigenvalue weighted by Crippen LogP contribution is 2.27. The molecule has 1 saturated carbocycles. The lowest BCUT2D eigenvalue weighted by Crippen LogP contribution is -2.49. The van der Waals surface area contributed by atoms with Crippen molar-refractivity contribution in [3.63, 3.8) is 0 Å². The first-order valence-corrected chi connectivity index (χ1v) is 6.42. The zero-order valence-corrected chi connectivity index (χ0v) is 11.0. The number of carbonyl (C=O) groups is 2. The van der Waals surface area contributed by atoms with Crippen LogP contribution in [-0.4, -0.2) is 23.0 Å². The summed E-state index contributed by atoms with van der Waals surface area (Å²) in [6.07, 6.45) is 4.15. The molecule has 0 aromatic heterocycles. The molecule has 17 heavy (non-hydrogen) atoms. The Morgan fingerprint density at radius 3 is 2.41 bits per heavy atom. The number of carboxylic acid groups (broad SMARTS) is 1. The Balaban J connectivity index is 2.65. The zero-order chi connectivity index (χ0) is 13.1. The van der Waals surface area contributed by atoms with Gasteiger partial charge in [0.25, 0.3) is 0 Å². The van der Waals surface area contributed by atoms with Gasteiger partial charge in [0.05, 0.1) is 5.92 Å². The second kappa shape index (κ2) is 5.52. The normalized spacial score (nSPS) is 25.4. The van der Waals surface area contributed by atoms with Gasteiger partial charge in [-0.2, -0.15) is 0 Å². The third-order valence-electron chi connectivity index (χ3n) is 3.90. The molecule has 0 bridgehead atoms. The molecule has 0 heterocycles. The SMILES string of the molecule is CCC(C)(C)C(=O)NC1CCCCC1C(=O)O. The number of amides is 1. The molecule has 0 aromatic carbocycles. The lowest BCUT2D eigenvalue weighted by Gasteiger charge is -2.32. The van der Waals surface area contributed by atoms with Gasteiger partial charge < -0.3 is 10.4 Å². The molecule has 0 spiro atoms. The van der Waals surface area contributed by atoms with Crippen molar-refractivity contribution in [1.82, 2.24) is 5.32 Å². The van der Waals surface area contributed by atoms with E-state index in [1.807, 2.05) is 20.8 Å². The minimum Gasteiger partial charge on any atom is -0.481 e. The molecule has 4 nitrogen and oxygen atoms in total. The van der Waals surface area contributed by atoms with Crippen molar-refractivity contribution in [1.29, 1.82) is 0 Å². The number of aliphatic carboxylic acids is 1. The van der Waals surface area contributed by atoms with E-state index < -0.39 is 17.3 Å². The lowest BCUT2D eigenvalue weighted by atomic mass is 9.82. The first-order valence-electron chi connectivity index (χ1n) is 6.42. The molecule has 1 rings (SSSR count). The number of nitrogens with one attached hydrogen (secondary N) is 1. The third kappa shape index (κ3) is 3.45. The van der Waals surface area contributed by atoms with E-state index in [0.717, 1.165) is 25.7 Å². The van der Waals surface area contributed by atoms with E-state index in [9.17, 15) is 9.59 Å². The van der Waals surface area contributed by atoms with Crippen molar-refractivity contribution in [3.8, 4) is 0 Å². The summed E-state index contributed by atoms with van der Waals surface area (Å²) < 4.78 is 0. The van der Waals surface area contributed by atoms with Gasteiger partial charge in [0.15, 0.2) is 0 Å². The van der Waals surface area contributed by atoms with Crippen LogP contribution in [0.1, 0.15) is 52.9 Å². The molecular formula is C13H23NO3. The Bertz CT molecular complexity index is 299. The fourth-order valence-electron chi connectivity index (χ4n) is 2.12. The smallest absolute Gasteiger partial charge is 0.308 e. The third-order valence-corrected chi connectivity index (χ3v) is 3.90. The van der Waals surface area contributed by atoms with E-state index in [2.05, 4.69) is 5.32 Å². The number of carboxylic acids is 1. The van der Waals surface area contributed by atoms with E-state index >= 15 is 0 Å². The topological polar surface area (TPSA) is 66.4 Å². The Morgan fingerprint density at radius 1 is 1.29 bits per heavy atom. The number of hydrogen-bond acceptors (Lipinski definition) is 2. The Morgan fingerprint density at radius 2 is 1.88 bits per heavy atom. The first kappa shape index (κ1) is 14.0. The quantitative estimate of drug-likeness (QED) is 0.792. The summed E-state index contributed by atoms with van der Waals surface area (Å²) in [4.78, 5) is 23.1. The van der Waals surface area contributed by atoms with Gasteiger partial charge in [-0.1, -0.05) is 33.6 Å². The van der Waals surface area contributed by atoms with Crippen LogP contribution in [0.15, 0.2) is 0 Å². The van der Waals surface area contributed by atoms with Gasteiger partial charge in [0, 0.05) is 11.5 Å². The molecule has 1 amide bonds. The van der Waals surface area contributed by atoms with Crippen molar-refractivity contribution in [2.24, 2.45) is 11.3 Å². The largest absolute Gasteiger partial charge is 0.481 e. The summed E-state index contributed by atoms with van der Waals surface area (Å²) in [5.41, 5.74) is -0.416. The summed E-state index contributed by atoms with van der Waals surface area (Å²) >= 11 is 0. The Hall–Kier alpha value is -1.06. The van der Waals surface area contributed by atoms with E-state index in [1.165, 1.54) is 0 Å². The van der Waals surface area contributed by atoms with Crippen LogP contribution in [-0.2, 0) is 9.59 Å². The van der Waals surface area contributed by atoms with E-state index in [4.69, 9.17) is 5.11 Å². The minimum atomic E-state index is -0.788. The van der Waals surface area contributed by atoms with Gasteiger partial charge in [-0.25, -0.2) is 0 Å². The molecule has 0 aromatic rings. The van der Waals surface area contributed by atoms with Gasteiger partial charge in [-0.3, -0.25) is 9.59 Å². The highest BCUT2D eigenvalue weighted by Gasteiger charge is 2.34. The molecule has 1 aliphatic carbocycles. The second-order valence-corrected chi connectivity index (χ2v) is 5.55. The summed E-state index contributed by atoms with van der Waals surface area (Å²) in [6, 6.07) is -0.195. The average Bonchev–Trinajstić information content (AvgIpc) is 2.29. The fourth-order valence-corrected chi connectivity index (χ4v) is 2.12. The molecule has 2 N–H and O–H groups in total. The van der Waals surface area contributed by atoms with Crippen LogP contribution in [0.25, 0.3) is 0 Å². The maximum atomic E-state index is 12.0. The van der Waals surface area contributed by atoms with Crippen molar-refractivity contribution >= 4 is 11.9 Å². The molecule has 4 heteroatoms. The minimum absolute atomic E-state index is 0.0295. The zero-order valence-electron chi connectivity index (χ0n) is 11.0. The number of carbonyl (C=O) groups excluding carboxylic acids is 1. The van der Waals surface area contributed by atoms with Gasteiger partial charge >= 0.3 is 5.97 Å². The van der Waals surface area contributed by atoms with Gasteiger partial charge in [-0.05, 0) is 19.3 Å². The van der Waals surface area contributed by atoms with Crippen molar-refractivity contribution in [2.75, 3.05) is 0 Å². The maximum Gasteiger partial charge on any atom is 0.308 e. The van der Waals surface area contributed by atoms with E-state index in [1.54, 1.807) is 0 Å². The number of rotatable bonds is 4. The molecule has 0 aliphatic heterocycles. The molecule has 2 unspecified atom stereocenters. The predicted molar refractivity (Wildman–Crippen MR) is 65.6 cm³/mol. The van der Waals surface area contributed by atoms with Crippen LogP contribution in [0.3, 0.4) is 0 Å². The van der Waals surface area contributed by atoms with Gasteiger partial charge in [0.2, 0.25) is 5.91 Å². The lowest BCUT2D eigenvalue weighted by molar-refractivity contribution is -0.144. The van der Waals surface area contributed by atoms with Gasteiger partial charge in [0.1, 0.15) is 0 Å². The molecule has 1 aliphatic rings. The monoisotopic (exact) mass is 241 g/mol. The molecule has 2 atom stereocenters. The van der Waals surface area contributed by atoms with Crippen LogP contribution in [0.4, 0.5) is 0 Å². The standard InChI is InChI=1S/C13H23NO3/c1-4-13(2,3)12(17)14-10-8-6-5-7-9(10)11(15)16/h9-10H,4-8H2,1-3H3,(H,14,17)(H,15,16). The van der Waals surface area contributed by atoms with Gasteiger partial charge in [-0.15, -0.1) is 0 Å². The fraction of sp³-hybridized carbons (Fsp3) is 0.846. The summed E-state index contributed by atoms with van der Waals surface area (Å²) in [7, 11) is 0. The first-order chi connectivity index (χ1) is 7.88. The summed E-state index contributed by atoms with van der Waals surface area (Å²) in [5, 5.41) is 12.1. The van der Waals surface area contributed by atoms with Crippen molar-refractivity contribution in [2.45, 2.75) is 58.9 Å². The average molecular weight is 241 g/mol. The molecule has 0 radical (unpaired) electrons. The molecule has 1 fully saturated rings. The van der Waals surface area contributed by atoms with Crippen molar-refractivity contribution < 1.29 is 14.7 Å². The Labute approximate surface area is 103 Å². The van der Waals surface area contributed by atoms with Crippen molar-refractivity contribution in [3.05, 3.63) is 0 Å². The highest BCUT2D eigenvalue weighted by atomic mass is 16.4. The van der Waals surface area contributed by atoms with Crippen LogP contribution in [0.2, 0.25) is 0 Å². The van der Waals surface area contributed by atoms with Crippen LogP contribution < -0.4 is 5.32 Å². The number of hydrogen-bond donors (Lipinski definition) is 2. The predicted octanol–water partition coefficient (Wildman–Crippen LogP) is 2.18. The molecule has 98 valence electrons. The molecular weight excluding hydrogens is 218 g/mol. The van der Waals surface area contributed by atoms with E-state index in [-0.39, 0.29) is 11.9 Å². The second-order valence-electron chi connectivity index (χ2n) is 5.55. The Kier molecular flexibility index (Phi) is 4.54. The highest BCUT2D eigenvalue weighted by molar-refractivity contribution is 5.83. The maximum absolute atomic E-state index is 12.0. The summed E-state index contributed by atoms with van der Waals surface area (Å²) in [6.45, 7) is 5.75. The van der Waals surface area contributed by atoms with Crippen LogP contribution >= 0.6 is 0 Å².